The third kappa shape index (κ3) is 3.60. The lowest BCUT2D eigenvalue weighted by Crippen LogP contribution is -2.25. The van der Waals surface area contributed by atoms with Gasteiger partial charge in [0.2, 0.25) is 0 Å². The summed E-state index contributed by atoms with van der Waals surface area (Å²) in [5, 5.41) is 9.28. The summed E-state index contributed by atoms with van der Waals surface area (Å²) in [6.45, 7) is 1.43. The lowest BCUT2D eigenvalue weighted by Gasteiger charge is -2.11. The van der Waals surface area contributed by atoms with Crippen molar-refractivity contribution in [1.82, 2.24) is 0 Å². The van der Waals surface area contributed by atoms with Gasteiger partial charge in [0.1, 0.15) is 5.76 Å². The molecule has 0 fully saturated rings. The highest BCUT2D eigenvalue weighted by molar-refractivity contribution is 7.87. The summed E-state index contributed by atoms with van der Waals surface area (Å²) < 4.78 is 66.5. The number of alkyl halides is 3. The Bertz CT molecular complexity index is 493. The Morgan fingerprint density at radius 2 is 2.00 bits per heavy atom. The molecule has 0 bridgehead atoms. The van der Waals surface area contributed by atoms with Gasteiger partial charge in [0, 0.05) is 12.8 Å². The highest BCUT2D eigenvalue weighted by atomic mass is 32.2. The number of aliphatic hydroxyl groups excluding tert-OH is 1. The topological polar surface area (TPSA) is 89.9 Å². The smallest absolute Gasteiger partial charge is 0.463 e. The highest BCUT2D eigenvalue weighted by Crippen LogP contribution is 2.34. The minimum absolute atomic E-state index is 0.0439. The minimum Gasteiger partial charge on any atom is -0.463 e. The number of carbonyl (C=O) groups excluding carboxylic acids is 1. The van der Waals surface area contributed by atoms with Gasteiger partial charge in [0.25, 0.3) is 0 Å². The number of ether oxygens (including phenoxy) is 1. The standard InChI is InChI=1S/C9H11F3O6S/c1-2-17-8(14)6-3-5(13)4-7(6)18-19(15,16)9(10,11)12/h5,13H,2-4H2,1H3. The van der Waals surface area contributed by atoms with E-state index in [1.807, 2.05) is 0 Å². The monoisotopic (exact) mass is 304 g/mol. The van der Waals surface area contributed by atoms with Crippen LogP contribution >= 0.6 is 0 Å². The molecule has 0 aromatic carbocycles. The molecular weight excluding hydrogens is 293 g/mol. The van der Waals surface area contributed by atoms with Crippen molar-refractivity contribution in [1.29, 1.82) is 0 Å². The maximum atomic E-state index is 12.1. The molecule has 0 spiro atoms. The van der Waals surface area contributed by atoms with Crippen molar-refractivity contribution in [2.24, 2.45) is 0 Å². The van der Waals surface area contributed by atoms with E-state index in [0.29, 0.717) is 0 Å². The molecule has 0 radical (unpaired) electrons. The van der Waals surface area contributed by atoms with Gasteiger partial charge in [-0.1, -0.05) is 0 Å². The van der Waals surface area contributed by atoms with Crippen LogP contribution in [-0.4, -0.2) is 37.7 Å². The van der Waals surface area contributed by atoms with Gasteiger partial charge in [-0.15, -0.1) is 0 Å². The number of rotatable bonds is 4. The normalized spacial score (nSPS) is 20.6. The highest BCUT2D eigenvalue weighted by Gasteiger charge is 2.50. The van der Waals surface area contributed by atoms with E-state index < -0.39 is 45.5 Å². The number of hydrogen-bond acceptors (Lipinski definition) is 6. The molecule has 1 atom stereocenters. The average Bonchev–Trinajstić information content (AvgIpc) is 2.57. The maximum Gasteiger partial charge on any atom is 0.534 e. The molecule has 1 unspecified atom stereocenters. The molecular formula is C9H11F3O6S. The van der Waals surface area contributed by atoms with E-state index in [9.17, 15) is 31.5 Å². The Labute approximate surface area is 106 Å². The Balaban J connectivity index is 3.02. The number of carbonyl (C=O) groups is 1. The largest absolute Gasteiger partial charge is 0.534 e. The molecule has 0 heterocycles. The molecule has 110 valence electrons. The van der Waals surface area contributed by atoms with Crippen LogP contribution in [0.2, 0.25) is 0 Å². The van der Waals surface area contributed by atoms with Crippen LogP contribution in [0.15, 0.2) is 11.3 Å². The fourth-order valence-electron chi connectivity index (χ4n) is 1.44. The summed E-state index contributed by atoms with van der Waals surface area (Å²) in [5.74, 6) is -1.74. The van der Waals surface area contributed by atoms with Crippen molar-refractivity contribution in [2.45, 2.75) is 31.4 Å². The molecule has 19 heavy (non-hydrogen) atoms. The minimum atomic E-state index is -5.86. The lowest BCUT2D eigenvalue weighted by molar-refractivity contribution is -0.138. The second kappa shape index (κ2) is 5.37. The van der Waals surface area contributed by atoms with Gasteiger partial charge in [-0.2, -0.15) is 21.6 Å². The van der Waals surface area contributed by atoms with Crippen LogP contribution in [-0.2, 0) is 23.8 Å². The van der Waals surface area contributed by atoms with E-state index in [1.165, 1.54) is 6.92 Å². The Morgan fingerprint density at radius 1 is 1.42 bits per heavy atom. The Kier molecular flexibility index (Phi) is 4.46. The van der Waals surface area contributed by atoms with Gasteiger partial charge in [0.15, 0.2) is 0 Å². The summed E-state index contributed by atoms with van der Waals surface area (Å²) >= 11 is 0. The van der Waals surface area contributed by atoms with Crippen LogP contribution < -0.4 is 0 Å². The zero-order valence-electron chi connectivity index (χ0n) is 9.73. The van der Waals surface area contributed by atoms with Crippen LogP contribution in [0.25, 0.3) is 0 Å². The third-order valence-corrected chi connectivity index (χ3v) is 3.20. The fraction of sp³-hybridized carbons (Fsp3) is 0.667. The quantitative estimate of drug-likeness (QED) is 0.470. The molecule has 10 heteroatoms. The Morgan fingerprint density at radius 3 is 2.47 bits per heavy atom. The van der Waals surface area contributed by atoms with Gasteiger partial charge in [0.05, 0.1) is 18.3 Å². The summed E-state index contributed by atoms with van der Waals surface area (Å²) in [7, 11) is -5.86. The van der Waals surface area contributed by atoms with Crippen LogP contribution in [0.4, 0.5) is 13.2 Å². The first-order chi connectivity index (χ1) is 8.58. The van der Waals surface area contributed by atoms with E-state index in [2.05, 4.69) is 8.92 Å². The van der Waals surface area contributed by atoms with Gasteiger partial charge in [-0.05, 0) is 6.92 Å². The number of esters is 1. The van der Waals surface area contributed by atoms with Gasteiger partial charge < -0.3 is 14.0 Å². The Hall–Kier alpha value is -1.29. The van der Waals surface area contributed by atoms with E-state index in [1.54, 1.807) is 0 Å². The van der Waals surface area contributed by atoms with Crippen LogP contribution in [0.5, 0.6) is 0 Å². The van der Waals surface area contributed by atoms with Crippen molar-refractivity contribution in [2.75, 3.05) is 6.61 Å². The molecule has 6 nitrogen and oxygen atoms in total. The molecule has 1 N–H and O–H groups in total. The molecule has 1 aliphatic carbocycles. The summed E-state index contributed by atoms with van der Waals surface area (Å²) in [5.41, 5.74) is -6.00. The fourth-order valence-corrected chi connectivity index (χ4v) is 1.97. The van der Waals surface area contributed by atoms with Gasteiger partial charge in [-0.25, -0.2) is 4.79 Å². The van der Waals surface area contributed by atoms with Crippen molar-refractivity contribution in [3.8, 4) is 0 Å². The average molecular weight is 304 g/mol. The molecule has 1 aliphatic rings. The zero-order valence-corrected chi connectivity index (χ0v) is 10.5. The van der Waals surface area contributed by atoms with Crippen molar-refractivity contribution < 1.29 is 40.4 Å². The van der Waals surface area contributed by atoms with Gasteiger partial charge in [-0.3, -0.25) is 0 Å². The van der Waals surface area contributed by atoms with Gasteiger partial charge >= 0.3 is 21.6 Å². The first kappa shape index (κ1) is 15.8. The summed E-state index contributed by atoms with van der Waals surface area (Å²) in [6, 6.07) is 0. The van der Waals surface area contributed by atoms with E-state index in [0.717, 1.165) is 0 Å². The van der Waals surface area contributed by atoms with Crippen molar-refractivity contribution >= 4 is 16.1 Å². The third-order valence-electron chi connectivity index (χ3n) is 2.21. The predicted molar refractivity (Wildman–Crippen MR) is 55.0 cm³/mol. The number of hydrogen-bond donors (Lipinski definition) is 1. The molecule has 0 aliphatic heterocycles. The SMILES string of the molecule is CCOC(=O)C1=C(OS(=O)(=O)C(F)(F)F)CC(O)C1. The summed E-state index contributed by atoms with van der Waals surface area (Å²) in [6.07, 6.45) is -2.00. The van der Waals surface area contributed by atoms with Crippen molar-refractivity contribution in [3.63, 3.8) is 0 Å². The predicted octanol–water partition coefficient (Wildman–Crippen LogP) is 0.825. The number of aliphatic hydroxyl groups is 1. The van der Waals surface area contributed by atoms with Crippen LogP contribution in [0.3, 0.4) is 0 Å². The molecule has 1 rings (SSSR count). The molecule has 0 aromatic rings. The first-order valence-electron chi connectivity index (χ1n) is 5.16. The van der Waals surface area contributed by atoms with E-state index in [-0.39, 0.29) is 13.0 Å². The van der Waals surface area contributed by atoms with Crippen LogP contribution in [0, 0.1) is 0 Å². The molecule has 0 amide bonds. The van der Waals surface area contributed by atoms with E-state index in [4.69, 9.17) is 0 Å². The summed E-state index contributed by atoms with van der Waals surface area (Å²) in [4.78, 5) is 11.4. The second-order valence-electron chi connectivity index (χ2n) is 3.67. The number of halogens is 3. The maximum absolute atomic E-state index is 12.1. The first-order valence-corrected chi connectivity index (χ1v) is 6.57. The van der Waals surface area contributed by atoms with Crippen molar-refractivity contribution in [3.05, 3.63) is 11.3 Å². The lowest BCUT2D eigenvalue weighted by atomic mass is 10.2. The molecule has 0 saturated heterocycles. The molecule has 0 saturated carbocycles. The second-order valence-corrected chi connectivity index (χ2v) is 5.21. The van der Waals surface area contributed by atoms with Crippen LogP contribution in [0.1, 0.15) is 19.8 Å². The molecule has 0 aromatic heterocycles. The van der Waals surface area contributed by atoms with E-state index >= 15 is 0 Å². The zero-order chi connectivity index (χ0) is 14.8.